The van der Waals surface area contributed by atoms with Crippen LogP contribution in [0.5, 0.6) is 0 Å². The lowest BCUT2D eigenvalue weighted by Crippen LogP contribution is -2.36. The molecule has 2 aromatic rings. The number of alkyl halides is 1. The molecule has 1 amide bonds. The zero-order valence-electron chi connectivity index (χ0n) is 14.6. The molecule has 0 aliphatic carbocycles. The molecular formula is C18H22ClN3O3. The number of imidazole rings is 1. The van der Waals surface area contributed by atoms with Gasteiger partial charge in [-0.25, -0.2) is 9.78 Å². The van der Waals surface area contributed by atoms with Gasteiger partial charge >= 0.3 is 6.09 Å². The number of amides is 1. The highest BCUT2D eigenvalue weighted by Gasteiger charge is 2.34. The van der Waals surface area contributed by atoms with Crippen LogP contribution in [0.3, 0.4) is 0 Å². The molecule has 1 aliphatic rings. The molecular weight excluding hydrogens is 342 g/mol. The van der Waals surface area contributed by atoms with E-state index in [0.717, 1.165) is 23.9 Å². The third-order valence-electron chi connectivity index (χ3n) is 4.14. The second-order valence-corrected chi connectivity index (χ2v) is 7.51. The summed E-state index contributed by atoms with van der Waals surface area (Å²) in [4.78, 5) is 33.8. The van der Waals surface area contributed by atoms with E-state index in [9.17, 15) is 9.59 Å². The topological polar surface area (TPSA) is 75.3 Å². The molecule has 1 atom stereocenters. The molecule has 7 heteroatoms. The van der Waals surface area contributed by atoms with E-state index < -0.39 is 5.60 Å². The quantitative estimate of drug-likeness (QED) is 0.659. The molecule has 0 saturated carbocycles. The monoisotopic (exact) mass is 363 g/mol. The first-order chi connectivity index (χ1) is 11.8. The fourth-order valence-electron chi connectivity index (χ4n) is 3.03. The number of ketones is 1. The van der Waals surface area contributed by atoms with Crippen molar-refractivity contribution in [2.75, 3.05) is 12.4 Å². The number of nitrogens with zero attached hydrogens (tertiary/aromatic N) is 2. The van der Waals surface area contributed by atoms with Crippen LogP contribution in [0.2, 0.25) is 0 Å². The average Bonchev–Trinajstić information content (AvgIpc) is 3.17. The number of rotatable bonds is 3. The Morgan fingerprint density at radius 3 is 2.84 bits per heavy atom. The summed E-state index contributed by atoms with van der Waals surface area (Å²) >= 11 is 5.62. The van der Waals surface area contributed by atoms with Gasteiger partial charge in [-0.1, -0.05) is 0 Å². The van der Waals surface area contributed by atoms with Gasteiger partial charge in [0.05, 0.1) is 23.0 Å². The lowest BCUT2D eigenvalue weighted by molar-refractivity contribution is 0.0219. The molecule has 2 heterocycles. The fourth-order valence-corrected chi connectivity index (χ4v) is 3.18. The van der Waals surface area contributed by atoms with E-state index in [4.69, 9.17) is 16.3 Å². The van der Waals surface area contributed by atoms with Crippen molar-refractivity contribution in [3.05, 3.63) is 29.6 Å². The molecule has 0 radical (unpaired) electrons. The fraction of sp³-hybridized carbons (Fsp3) is 0.500. The molecule has 134 valence electrons. The van der Waals surface area contributed by atoms with Gasteiger partial charge in [0, 0.05) is 12.1 Å². The van der Waals surface area contributed by atoms with Gasteiger partial charge in [-0.2, -0.15) is 0 Å². The van der Waals surface area contributed by atoms with Gasteiger partial charge in [-0.3, -0.25) is 9.69 Å². The van der Waals surface area contributed by atoms with Crippen LogP contribution in [-0.4, -0.2) is 44.8 Å². The first kappa shape index (κ1) is 17.7. The summed E-state index contributed by atoms with van der Waals surface area (Å²) in [6, 6.07) is 5.12. The summed E-state index contributed by atoms with van der Waals surface area (Å²) in [6.07, 6.45) is 1.40. The number of aromatic amines is 1. The number of Topliss-reactive ketones (excluding diaryl/α,β-unsaturated/α-hetero) is 1. The third-order valence-corrected chi connectivity index (χ3v) is 4.38. The SMILES string of the molecule is CC(C)(C)OC(=O)N1CCCC1c1nc2ccc(C(=O)CCl)cc2[nH]1. The number of H-pyrrole nitrogens is 1. The molecule has 1 N–H and O–H groups in total. The molecule has 1 aromatic heterocycles. The standard InChI is InChI=1S/C18H22ClN3O3/c1-18(2,3)25-17(24)22-8-4-5-14(22)16-20-12-7-6-11(15(23)10-19)9-13(12)21-16/h6-7,9,14H,4-5,8,10H2,1-3H3,(H,20,21). The molecule has 6 nitrogen and oxygen atoms in total. The van der Waals surface area contributed by atoms with Crippen molar-refractivity contribution in [1.29, 1.82) is 0 Å². The number of halogens is 1. The normalized spacial score (nSPS) is 17.9. The zero-order chi connectivity index (χ0) is 18.2. The molecule has 25 heavy (non-hydrogen) atoms. The van der Waals surface area contributed by atoms with E-state index in [0.29, 0.717) is 17.9 Å². The van der Waals surface area contributed by atoms with E-state index in [1.807, 2.05) is 20.8 Å². The van der Waals surface area contributed by atoms with Crippen molar-refractivity contribution < 1.29 is 14.3 Å². The number of likely N-dealkylation sites (tertiary alicyclic amines) is 1. The van der Waals surface area contributed by atoms with Gasteiger partial charge in [0.15, 0.2) is 5.78 Å². The van der Waals surface area contributed by atoms with E-state index in [1.165, 1.54) is 0 Å². The van der Waals surface area contributed by atoms with Gasteiger partial charge in [-0.05, 0) is 51.8 Å². The molecule has 1 aliphatic heterocycles. The molecule has 3 rings (SSSR count). The third kappa shape index (κ3) is 3.79. The number of carbonyl (C=O) groups excluding carboxylic acids is 2. The summed E-state index contributed by atoms with van der Waals surface area (Å²) in [5.74, 6) is 0.534. The second-order valence-electron chi connectivity index (χ2n) is 7.24. The summed E-state index contributed by atoms with van der Waals surface area (Å²) in [6.45, 7) is 6.21. The average molecular weight is 364 g/mol. The molecule has 1 saturated heterocycles. The van der Waals surface area contributed by atoms with Crippen molar-refractivity contribution >= 4 is 34.5 Å². The zero-order valence-corrected chi connectivity index (χ0v) is 15.4. The largest absolute Gasteiger partial charge is 0.444 e. The van der Waals surface area contributed by atoms with Crippen molar-refractivity contribution in [1.82, 2.24) is 14.9 Å². The van der Waals surface area contributed by atoms with Crippen LogP contribution in [-0.2, 0) is 4.74 Å². The first-order valence-electron chi connectivity index (χ1n) is 8.37. The highest BCUT2D eigenvalue weighted by Crippen LogP contribution is 2.32. The number of aromatic nitrogens is 2. The van der Waals surface area contributed by atoms with Gasteiger partial charge in [0.25, 0.3) is 0 Å². The van der Waals surface area contributed by atoms with E-state index in [1.54, 1.807) is 23.1 Å². The second kappa shape index (κ2) is 6.67. The first-order valence-corrected chi connectivity index (χ1v) is 8.90. The number of nitrogens with one attached hydrogen (secondary N) is 1. The highest BCUT2D eigenvalue weighted by molar-refractivity contribution is 6.30. The van der Waals surface area contributed by atoms with E-state index in [2.05, 4.69) is 9.97 Å². The van der Waals surface area contributed by atoms with Crippen LogP contribution in [0.25, 0.3) is 11.0 Å². The number of benzene rings is 1. The maximum atomic E-state index is 12.4. The van der Waals surface area contributed by atoms with Gasteiger partial charge in [0.1, 0.15) is 11.4 Å². The van der Waals surface area contributed by atoms with Crippen LogP contribution < -0.4 is 0 Å². The predicted molar refractivity (Wildman–Crippen MR) is 96.1 cm³/mol. The Labute approximate surface area is 151 Å². The van der Waals surface area contributed by atoms with Crippen molar-refractivity contribution in [2.24, 2.45) is 0 Å². The van der Waals surface area contributed by atoms with Crippen LogP contribution in [0, 0.1) is 0 Å². The van der Waals surface area contributed by atoms with Gasteiger partial charge in [-0.15, -0.1) is 11.6 Å². The summed E-state index contributed by atoms with van der Waals surface area (Å²) in [5, 5.41) is 0. The maximum Gasteiger partial charge on any atom is 0.410 e. The van der Waals surface area contributed by atoms with E-state index in [-0.39, 0.29) is 23.8 Å². The van der Waals surface area contributed by atoms with E-state index >= 15 is 0 Å². The molecule has 1 fully saturated rings. The minimum atomic E-state index is -0.533. The Hall–Kier alpha value is -2.08. The van der Waals surface area contributed by atoms with Crippen LogP contribution in [0.15, 0.2) is 18.2 Å². The smallest absolute Gasteiger partial charge is 0.410 e. The highest BCUT2D eigenvalue weighted by atomic mass is 35.5. The Bertz CT molecular complexity index is 809. The van der Waals surface area contributed by atoms with Gasteiger partial charge < -0.3 is 9.72 Å². The minimum Gasteiger partial charge on any atom is -0.444 e. The molecule has 0 bridgehead atoms. The van der Waals surface area contributed by atoms with Crippen LogP contribution in [0.4, 0.5) is 4.79 Å². The van der Waals surface area contributed by atoms with Crippen LogP contribution >= 0.6 is 11.6 Å². The number of hydrogen-bond donors (Lipinski definition) is 1. The Morgan fingerprint density at radius 1 is 1.40 bits per heavy atom. The summed E-state index contributed by atoms with van der Waals surface area (Å²) in [5.41, 5.74) is 1.54. The number of carbonyl (C=O) groups is 2. The molecule has 0 spiro atoms. The predicted octanol–water partition coefficient (Wildman–Crippen LogP) is 4.06. The Balaban J connectivity index is 1.87. The lowest BCUT2D eigenvalue weighted by atomic mass is 10.1. The molecule has 1 unspecified atom stereocenters. The number of hydrogen-bond acceptors (Lipinski definition) is 4. The van der Waals surface area contributed by atoms with Crippen LogP contribution in [0.1, 0.15) is 55.8 Å². The summed E-state index contributed by atoms with van der Waals surface area (Å²) in [7, 11) is 0. The summed E-state index contributed by atoms with van der Waals surface area (Å²) < 4.78 is 5.50. The lowest BCUT2D eigenvalue weighted by Gasteiger charge is -2.27. The van der Waals surface area contributed by atoms with Gasteiger partial charge in [0.2, 0.25) is 0 Å². The Morgan fingerprint density at radius 2 is 2.16 bits per heavy atom. The number of ether oxygens (including phenoxy) is 1. The maximum absolute atomic E-state index is 12.4. The number of fused-ring (bicyclic) bond motifs is 1. The van der Waals surface area contributed by atoms with Crippen molar-refractivity contribution in [3.63, 3.8) is 0 Å². The van der Waals surface area contributed by atoms with Crippen molar-refractivity contribution in [3.8, 4) is 0 Å². The minimum absolute atomic E-state index is 0.0540. The van der Waals surface area contributed by atoms with Crippen molar-refractivity contribution in [2.45, 2.75) is 45.3 Å². The Kier molecular flexibility index (Phi) is 4.73. The molecule has 1 aromatic carbocycles.